The highest BCUT2D eigenvalue weighted by Crippen LogP contribution is 2.25. The molecular weight excluding hydrogens is 425 g/mol. The topological polar surface area (TPSA) is 84.9 Å². The van der Waals surface area contributed by atoms with Gasteiger partial charge < -0.3 is 14.8 Å². The van der Waals surface area contributed by atoms with Crippen molar-refractivity contribution in [3.63, 3.8) is 0 Å². The Balaban J connectivity index is 2.01. The third-order valence-electron chi connectivity index (χ3n) is 3.99. The number of nitrogens with one attached hydrogen (secondary N) is 1. The van der Waals surface area contributed by atoms with Gasteiger partial charge in [0.2, 0.25) is 10.0 Å². The van der Waals surface area contributed by atoms with Crippen LogP contribution in [0.4, 0.5) is 24.5 Å². The average molecular weight is 446 g/mol. The second-order valence-electron chi connectivity index (χ2n) is 6.30. The minimum atomic E-state index is -4.79. The first-order valence-corrected chi connectivity index (χ1v) is 10.6. The Bertz CT molecular complexity index is 961. The predicted octanol–water partition coefficient (Wildman–Crippen LogP) is 3.78. The molecule has 2 aromatic rings. The molecule has 0 saturated heterocycles. The van der Waals surface area contributed by atoms with Gasteiger partial charge in [-0.05, 0) is 55.0 Å². The number of alkyl halides is 3. The molecule has 1 amide bonds. The zero-order valence-corrected chi connectivity index (χ0v) is 17.3. The van der Waals surface area contributed by atoms with E-state index in [1.165, 1.54) is 31.3 Å². The normalized spacial score (nSPS) is 12.7. The zero-order valence-electron chi connectivity index (χ0n) is 16.4. The van der Waals surface area contributed by atoms with Crippen LogP contribution < -0.4 is 19.1 Å². The van der Waals surface area contributed by atoms with E-state index in [-0.39, 0.29) is 5.69 Å². The maximum absolute atomic E-state index is 12.4. The Morgan fingerprint density at radius 2 is 1.60 bits per heavy atom. The lowest BCUT2D eigenvalue weighted by Gasteiger charge is -2.19. The summed E-state index contributed by atoms with van der Waals surface area (Å²) in [6.45, 7) is 1.73. The standard InChI is InChI=1S/C19H21F3N2O5S/c1-4-17(28-15-11-7-14(8-12-15)24(2)30(3,26)27)18(25)23-13-5-9-16(10-6-13)29-19(20,21)22/h5-12,17H,4H2,1-3H3,(H,23,25)/t17-/m0/s1. The molecule has 2 aromatic carbocycles. The van der Waals surface area contributed by atoms with Crippen LogP contribution in [0, 0.1) is 0 Å². The molecule has 1 N–H and O–H groups in total. The van der Waals surface area contributed by atoms with Crippen LogP contribution in [0.2, 0.25) is 0 Å². The third kappa shape index (κ3) is 6.83. The van der Waals surface area contributed by atoms with E-state index < -0.39 is 34.1 Å². The summed E-state index contributed by atoms with van der Waals surface area (Å²) in [5.74, 6) is -0.529. The molecule has 2 rings (SSSR count). The maximum Gasteiger partial charge on any atom is 0.573 e. The molecule has 0 heterocycles. The van der Waals surface area contributed by atoms with Gasteiger partial charge in [0, 0.05) is 12.7 Å². The van der Waals surface area contributed by atoms with Crippen molar-refractivity contribution in [2.75, 3.05) is 22.9 Å². The molecule has 0 aliphatic carbocycles. The van der Waals surface area contributed by atoms with Gasteiger partial charge in [0.1, 0.15) is 11.5 Å². The molecule has 0 bridgehead atoms. The smallest absolute Gasteiger partial charge is 0.481 e. The SMILES string of the molecule is CC[C@H](Oc1ccc(N(C)S(C)(=O)=O)cc1)C(=O)Nc1ccc(OC(F)(F)F)cc1. The first kappa shape index (κ1) is 23.3. The van der Waals surface area contributed by atoms with Gasteiger partial charge in [-0.3, -0.25) is 9.10 Å². The lowest BCUT2D eigenvalue weighted by Crippen LogP contribution is -2.32. The van der Waals surface area contributed by atoms with E-state index in [1.54, 1.807) is 19.1 Å². The summed E-state index contributed by atoms with van der Waals surface area (Å²) in [5, 5.41) is 2.56. The highest BCUT2D eigenvalue weighted by molar-refractivity contribution is 7.92. The molecule has 0 radical (unpaired) electrons. The van der Waals surface area contributed by atoms with Gasteiger partial charge in [0.05, 0.1) is 11.9 Å². The number of anilines is 2. The van der Waals surface area contributed by atoms with Crippen LogP contribution in [0.3, 0.4) is 0 Å². The molecule has 0 unspecified atom stereocenters. The molecule has 11 heteroatoms. The molecule has 164 valence electrons. The fraction of sp³-hybridized carbons (Fsp3) is 0.316. The van der Waals surface area contributed by atoms with E-state index >= 15 is 0 Å². The van der Waals surface area contributed by atoms with E-state index in [4.69, 9.17) is 4.74 Å². The molecule has 7 nitrogen and oxygen atoms in total. The summed E-state index contributed by atoms with van der Waals surface area (Å²) in [6, 6.07) is 10.9. The average Bonchev–Trinajstić information content (AvgIpc) is 2.65. The highest BCUT2D eigenvalue weighted by Gasteiger charge is 2.31. The Hall–Kier alpha value is -2.95. The number of nitrogens with zero attached hydrogens (tertiary/aromatic N) is 1. The first-order chi connectivity index (χ1) is 13.9. The fourth-order valence-electron chi connectivity index (χ4n) is 2.38. The second-order valence-corrected chi connectivity index (χ2v) is 8.31. The largest absolute Gasteiger partial charge is 0.573 e. The molecule has 0 saturated carbocycles. The molecule has 0 aliphatic rings. The van der Waals surface area contributed by atoms with Crippen molar-refractivity contribution in [1.82, 2.24) is 0 Å². The van der Waals surface area contributed by atoms with E-state index in [9.17, 15) is 26.4 Å². The van der Waals surface area contributed by atoms with Crippen molar-refractivity contribution in [2.45, 2.75) is 25.8 Å². The zero-order chi connectivity index (χ0) is 22.5. The number of hydrogen-bond acceptors (Lipinski definition) is 5. The Morgan fingerprint density at radius 1 is 1.07 bits per heavy atom. The van der Waals surface area contributed by atoms with Gasteiger partial charge in [-0.2, -0.15) is 0 Å². The summed E-state index contributed by atoms with van der Waals surface area (Å²) >= 11 is 0. The van der Waals surface area contributed by atoms with E-state index in [0.29, 0.717) is 17.9 Å². The summed E-state index contributed by atoms with van der Waals surface area (Å²) in [6.07, 6.45) is -4.25. The number of amides is 1. The number of rotatable bonds is 8. The Kier molecular flexibility index (Phi) is 7.19. The van der Waals surface area contributed by atoms with Crippen LogP contribution >= 0.6 is 0 Å². The van der Waals surface area contributed by atoms with Crippen LogP contribution in [-0.2, 0) is 14.8 Å². The van der Waals surface area contributed by atoms with Gasteiger partial charge >= 0.3 is 6.36 Å². The minimum absolute atomic E-state index is 0.279. The molecule has 30 heavy (non-hydrogen) atoms. The Labute approximate surface area is 172 Å². The van der Waals surface area contributed by atoms with Crippen molar-refractivity contribution in [2.24, 2.45) is 0 Å². The van der Waals surface area contributed by atoms with Gasteiger partial charge in [0.25, 0.3) is 5.91 Å². The Morgan fingerprint density at radius 3 is 2.07 bits per heavy atom. The van der Waals surface area contributed by atoms with Gasteiger partial charge in [-0.25, -0.2) is 8.42 Å². The number of hydrogen-bond donors (Lipinski definition) is 1. The quantitative estimate of drug-likeness (QED) is 0.667. The number of sulfonamides is 1. The minimum Gasteiger partial charge on any atom is -0.481 e. The summed E-state index contributed by atoms with van der Waals surface area (Å²) in [7, 11) is -1.99. The van der Waals surface area contributed by atoms with Crippen molar-refractivity contribution in [1.29, 1.82) is 0 Å². The molecule has 1 atom stereocenters. The van der Waals surface area contributed by atoms with Crippen molar-refractivity contribution < 1.29 is 35.9 Å². The first-order valence-electron chi connectivity index (χ1n) is 8.76. The van der Waals surface area contributed by atoms with E-state index in [2.05, 4.69) is 10.1 Å². The fourth-order valence-corrected chi connectivity index (χ4v) is 2.88. The molecule has 0 aliphatic heterocycles. The van der Waals surface area contributed by atoms with Crippen LogP contribution in [0.25, 0.3) is 0 Å². The molecule has 0 aromatic heterocycles. The monoisotopic (exact) mass is 446 g/mol. The van der Waals surface area contributed by atoms with Crippen molar-refractivity contribution in [3.8, 4) is 11.5 Å². The molecule has 0 spiro atoms. The molecule has 0 fully saturated rings. The van der Waals surface area contributed by atoms with Crippen molar-refractivity contribution >= 4 is 27.3 Å². The van der Waals surface area contributed by atoms with Crippen LogP contribution in [-0.4, -0.2) is 40.1 Å². The van der Waals surface area contributed by atoms with E-state index in [1.807, 2.05) is 0 Å². The summed E-state index contributed by atoms with van der Waals surface area (Å²) < 4.78 is 70.3. The number of halogens is 3. The second kappa shape index (κ2) is 9.24. The van der Waals surface area contributed by atoms with Gasteiger partial charge in [-0.1, -0.05) is 6.92 Å². The van der Waals surface area contributed by atoms with Gasteiger partial charge in [0.15, 0.2) is 6.10 Å². The van der Waals surface area contributed by atoms with Crippen LogP contribution in [0.1, 0.15) is 13.3 Å². The maximum atomic E-state index is 12.4. The summed E-state index contributed by atoms with van der Waals surface area (Å²) in [5.41, 5.74) is 0.713. The number of benzene rings is 2. The molecular formula is C19H21F3N2O5S. The lowest BCUT2D eigenvalue weighted by atomic mass is 10.2. The number of carbonyl (C=O) groups is 1. The summed E-state index contributed by atoms with van der Waals surface area (Å²) in [4.78, 5) is 12.4. The van der Waals surface area contributed by atoms with E-state index in [0.717, 1.165) is 22.7 Å². The lowest BCUT2D eigenvalue weighted by molar-refractivity contribution is -0.274. The van der Waals surface area contributed by atoms with Crippen molar-refractivity contribution in [3.05, 3.63) is 48.5 Å². The highest BCUT2D eigenvalue weighted by atomic mass is 32.2. The number of carbonyl (C=O) groups excluding carboxylic acids is 1. The third-order valence-corrected chi connectivity index (χ3v) is 5.20. The number of ether oxygens (including phenoxy) is 2. The van der Waals surface area contributed by atoms with Gasteiger partial charge in [-0.15, -0.1) is 13.2 Å². The van der Waals surface area contributed by atoms with Crippen LogP contribution in [0.5, 0.6) is 11.5 Å². The van der Waals surface area contributed by atoms with Crippen LogP contribution in [0.15, 0.2) is 48.5 Å². The predicted molar refractivity (Wildman–Crippen MR) is 106 cm³/mol.